The van der Waals surface area contributed by atoms with E-state index in [9.17, 15) is 13.6 Å². The Bertz CT molecular complexity index is 759. The number of amides is 1. The molecule has 0 radical (unpaired) electrons. The molecule has 2 aromatic rings. The molecule has 1 saturated heterocycles. The van der Waals surface area contributed by atoms with E-state index >= 15 is 0 Å². The van der Waals surface area contributed by atoms with Crippen molar-refractivity contribution in [2.24, 2.45) is 5.92 Å². The van der Waals surface area contributed by atoms with Crippen LogP contribution < -0.4 is 0 Å². The summed E-state index contributed by atoms with van der Waals surface area (Å²) < 4.78 is 28.6. The van der Waals surface area contributed by atoms with Crippen LogP contribution in [0.25, 0.3) is 0 Å². The van der Waals surface area contributed by atoms with Crippen LogP contribution in [-0.2, 0) is 13.0 Å². The summed E-state index contributed by atoms with van der Waals surface area (Å²) in [7, 11) is 0. The Morgan fingerprint density at radius 2 is 2.15 bits per heavy atom. The molecule has 4 nitrogen and oxygen atoms in total. The minimum atomic E-state index is -0.552. The Balaban J connectivity index is 1.60. The van der Waals surface area contributed by atoms with E-state index in [1.165, 1.54) is 12.1 Å². The van der Waals surface area contributed by atoms with Gasteiger partial charge in [-0.05, 0) is 55.7 Å². The van der Waals surface area contributed by atoms with Gasteiger partial charge in [0.1, 0.15) is 17.3 Å². The maximum absolute atomic E-state index is 13.8. The summed E-state index contributed by atoms with van der Waals surface area (Å²) in [5, 5.41) is 4.23. The zero-order chi connectivity index (χ0) is 18.5. The number of rotatable bonds is 6. The monoisotopic (exact) mass is 361 g/mol. The quantitative estimate of drug-likeness (QED) is 0.778. The van der Waals surface area contributed by atoms with Crippen LogP contribution in [0.1, 0.15) is 48.7 Å². The first-order valence-corrected chi connectivity index (χ1v) is 9.33. The van der Waals surface area contributed by atoms with Gasteiger partial charge in [-0.2, -0.15) is 5.10 Å². The number of carbonyl (C=O) groups excluding carboxylic acids is 1. The smallest absolute Gasteiger partial charge is 0.272 e. The van der Waals surface area contributed by atoms with Gasteiger partial charge in [-0.25, -0.2) is 8.78 Å². The van der Waals surface area contributed by atoms with E-state index < -0.39 is 11.6 Å². The van der Waals surface area contributed by atoms with Crippen molar-refractivity contribution in [3.63, 3.8) is 0 Å². The molecule has 0 aliphatic carbocycles. The third kappa shape index (κ3) is 4.29. The molecular formula is C20H25F2N3O. The van der Waals surface area contributed by atoms with Crippen LogP contribution in [0.15, 0.2) is 30.5 Å². The molecule has 1 aliphatic rings. The summed E-state index contributed by atoms with van der Waals surface area (Å²) in [6, 6.07) is 5.51. The predicted molar refractivity (Wildman–Crippen MR) is 95.8 cm³/mol. The molecule has 26 heavy (non-hydrogen) atoms. The van der Waals surface area contributed by atoms with Crippen molar-refractivity contribution < 1.29 is 13.6 Å². The Labute approximate surface area is 152 Å². The Morgan fingerprint density at radius 3 is 2.92 bits per heavy atom. The van der Waals surface area contributed by atoms with Gasteiger partial charge in [0.2, 0.25) is 0 Å². The van der Waals surface area contributed by atoms with Gasteiger partial charge in [-0.15, -0.1) is 0 Å². The standard InChI is InChI=1S/C20H25F2N3O/c1-2-11-25-19(9-10-23-25)20(26)24-12-3-4-15(14-24)5-6-16-7-8-17(21)13-18(16)22/h7-10,13,15H,2-6,11-12,14H2,1H3. The van der Waals surface area contributed by atoms with Crippen LogP contribution in [0.5, 0.6) is 0 Å². The molecule has 1 amide bonds. The molecule has 6 heteroatoms. The number of likely N-dealkylation sites (tertiary alicyclic amines) is 1. The molecule has 1 aromatic heterocycles. The second kappa shape index (κ2) is 8.43. The van der Waals surface area contributed by atoms with Gasteiger partial charge < -0.3 is 4.90 Å². The molecule has 0 spiro atoms. The fraction of sp³-hybridized carbons (Fsp3) is 0.500. The first-order chi connectivity index (χ1) is 12.6. The van der Waals surface area contributed by atoms with E-state index in [0.717, 1.165) is 44.8 Å². The SMILES string of the molecule is CCCn1nccc1C(=O)N1CCCC(CCc2ccc(F)cc2F)C1. The van der Waals surface area contributed by atoms with E-state index in [2.05, 4.69) is 12.0 Å². The van der Waals surface area contributed by atoms with Crippen LogP contribution in [0, 0.1) is 17.6 Å². The van der Waals surface area contributed by atoms with Crippen molar-refractivity contribution in [1.29, 1.82) is 0 Å². The molecule has 2 heterocycles. The van der Waals surface area contributed by atoms with Crippen molar-refractivity contribution in [3.05, 3.63) is 53.4 Å². The van der Waals surface area contributed by atoms with Crippen molar-refractivity contribution in [2.75, 3.05) is 13.1 Å². The molecule has 0 saturated carbocycles. The minimum absolute atomic E-state index is 0.0219. The zero-order valence-corrected chi connectivity index (χ0v) is 15.1. The molecule has 0 N–H and O–H groups in total. The maximum Gasteiger partial charge on any atom is 0.272 e. The number of carbonyl (C=O) groups is 1. The molecule has 1 aromatic carbocycles. The maximum atomic E-state index is 13.8. The lowest BCUT2D eigenvalue weighted by molar-refractivity contribution is 0.0655. The first-order valence-electron chi connectivity index (χ1n) is 9.33. The van der Waals surface area contributed by atoms with Crippen LogP contribution in [0.2, 0.25) is 0 Å². The fourth-order valence-corrected chi connectivity index (χ4v) is 3.64. The number of piperidine rings is 1. The average Bonchev–Trinajstić information content (AvgIpc) is 3.09. The molecule has 0 bridgehead atoms. The van der Waals surface area contributed by atoms with E-state index in [1.807, 2.05) is 4.90 Å². The van der Waals surface area contributed by atoms with Crippen molar-refractivity contribution in [2.45, 2.75) is 45.6 Å². The summed E-state index contributed by atoms with van der Waals surface area (Å²) in [4.78, 5) is 14.7. The normalized spacial score (nSPS) is 17.5. The summed E-state index contributed by atoms with van der Waals surface area (Å²) in [6.07, 6.45) is 5.92. The number of hydrogen-bond donors (Lipinski definition) is 0. The zero-order valence-electron chi connectivity index (χ0n) is 15.1. The molecule has 1 aliphatic heterocycles. The first kappa shape index (κ1) is 18.5. The van der Waals surface area contributed by atoms with Crippen LogP contribution in [0.4, 0.5) is 8.78 Å². The van der Waals surface area contributed by atoms with E-state index in [1.54, 1.807) is 16.9 Å². The number of halogens is 2. The van der Waals surface area contributed by atoms with Gasteiger partial charge in [0.15, 0.2) is 0 Å². The summed E-state index contributed by atoms with van der Waals surface area (Å²) >= 11 is 0. The van der Waals surface area contributed by atoms with Crippen molar-refractivity contribution >= 4 is 5.91 Å². The topological polar surface area (TPSA) is 38.1 Å². The predicted octanol–water partition coefficient (Wildman–Crippen LogP) is 4.06. The van der Waals surface area contributed by atoms with Gasteiger partial charge in [-0.3, -0.25) is 9.48 Å². The van der Waals surface area contributed by atoms with Gasteiger partial charge >= 0.3 is 0 Å². The summed E-state index contributed by atoms with van der Waals surface area (Å²) in [6.45, 7) is 4.22. The lowest BCUT2D eigenvalue weighted by Gasteiger charge is -2.33. The Morgan fingerprint density at radius 1 is 1.31 bits per heavy atom. The molecule has 1 fully saturated rings. The summed E-state index contributed by atoms with van der Waals surface area (Å²) in [5.74, 6) is -0.685. The van der Waals surface area contributed by atoms with Crippen molar-refractivity contribution in [1.82, 2.24) is 14.7 Å². The number of benzene rings is 1. The third-order valence-corrected chi connectivity index (χ3v) is 5.01. The number of nitrogens with zero attached hydrogens (tertiary/aromatic N) is 3. The summed E-state index contributed by atoms with van der Waals surface area (Å²) in [5.41, 5.74) is 1.17. The molecule has 1 unspecified atom stereocenters. The van der Waals surface area contributed by atoms with E-state index in [4.69, 9.17) is 0 Å². The average molecular weight is 361 g/mol. The molecule has 140 valence electrons. The number of hydrogen-bond acceptors (Lipinski definition) is 2. The lowest BCUT2D eigenvalue weighted by Crippen LogP contribution is -2.41. The van der Waals surface area contributed by atoms with Crippen LogP contribution >= 0.6 is 0 Å². The number of aryl methyl sites for hydroxylation is 2. The van der Waals surface area contributed by atoms with E-state index in [-0.39, 0.29) is 5.91 Å². The Hall–Kier alpha value is -2.24. The Kier molecular flexibility index (Phi) is 6.01. The third-order valence-electron chi connectivity index (χ3n) is 5.01. The van der Waals surface area contributed by atoms with Gasteiger partial charge in [0.05, 0.1) is 0 Å². The van der Waals surface area contributed by atoms with Gasteiger partial charge in [0, 0.05) is 31.9 Å². The highest BCUT2D eigenvalue weighted by molar-refractivity contribution is 5.92. The highest BCUT2D eigenvalue weighted by atomic mass is 19.1. The van der Waals surface area contributed by atoms with Crippen LogP contribution in [-0.4, -0.2) is 33.7 Å². The van der Waals surface area contributed by atoms with E-state index in [0.29, 0.717) is 30.1 Å². The largest absolute Gasteiger partial charge is 0.337 e. The molecular weight excluding hydrogens is 336 g/mol. The highest BCUT2D eigenvalue weighted by Gasteiger charge is 2.26. The van der Waals surface area contributed by atoms with Gasteiger partial charge in [-0.1, -0.05) is 13.0 Å². The minimum Gasteiger partial charge on any atom is -0.337 e. The van der Waals surface area contributed by atoms with Gasteiger partial charge in [0.25, 0.3) is 5.91 Å². The molecule has 1 atom stereocenters. The van der Waals surface area contributed by atoms with Crippen LogP contribution in [0.3, 0.4) is 0 Å². The lowest BCUT2D eigenvalue weighted by atomic mass is 9.91. The fourth-order valence-electron chi connectivity index (χ4n) is 3.64. The highest BCUT2D eigenvalue weighted by Crippen LogP contribution is 2.24. The molecule has 3 rings (SSSR count). The van der Waals surface area contributed by atoms with Crippen molar-refractivity contribution in [3.8, 4) is 0 Å². The second-order valence-electron chi connectivity index (χ2n) is 6.97. The second-order valence-corrected chi connectivity index (χ2v) is 6.97. The number of aromatic nitrogens is 2.